The Morgan fingerprint density at radius 1 is 1.21 bits per heavy atom. The number of rotatable bonds is 10. The molecule has 0 unspecified atom stereocenters. The van der Waals surface area contributed by atoms with Crippen LogP contribution < -0.4 is 10.6 Å². The number of hydrogen-bond donors (Lipinski definition) is 2. The zero-order valence-corrected chi connectivity index (χ0v) is 18.7. The first-order chi connectivity index (χ1) is 13.6. The zero-order chi connectivity index (χ0) is 19.8. The number of thiazole rings is 1. The van der Waals surface area contributed by atoms with Gasteiger partial charge in [-0.2, -0.15) is 11.3 Å². The van der Waals surface area contributed by atoms with Crippen LogP contribution in [0.1, 0.15) is 18.9 Å². The summed E-state index contributed by atoms with van der Waals surface area (Å²) in [5, 5.41) is 9.93. The molecule has 1 aromatic carbocycles. The van der Waals surface area contributed by atoms with Crippen LogP contribution in [0, 0.1) is 0 Å². The fourth-order valence-electron chi connectivity index (χ4n) is 2.35. The van der Waals surface area contributed by atoms with Crippen molar-refractivity contribution in [3.63, 3.8) is 0 Å². The Bertz CT molecular complexity index is 925. The van der Waals surface area contributed by atoms with Crippen molar-refractivity contribution in [2.24, 2.45) is 0 Å². The summed E-state index contributed by atoms with van der Waals surface area (Å²) >= 11 is 6.70. The number of hydrogen-bond acceptors (Lipinski definition) is 7. The number of aryl methyl sites for hydroxylation is 1. The Kier molecular flexibility index (Phi) is 8.20. The number of amides is 2. The molecule has 148 valence electrons. The Labute approximate surface area is 180 Å². The van der Waals surface area contributed by atoms with Gasteiger partial charge in [0.1, 0.15) is 0 Å². The van der Waals surface area contributed by atoms with Crippen LogP contribution in [0.25, 0.3) is 10.2 Å². The van der Waals surface area contributed by atoms with Crippen LogP contribution in [-0.2, 0) is 16.0 Å². The van der Waals surface area contributed by atoms with Gasteiger partial charge in [-0.15, -0.1) is 23.1 Å². The molecule has 2 amide bonds. The zero-order valence-electron chi connectivity index (χ0n) is 15.4. The van der Waals surface area contributed by atoms with Gasteiger partial charge in [0.2, 0.25) is 11.8 Å². The highest BCUT2D eigenvalue weighted by atomic mass is 32.2. The van der Waals surface area contributed by atoms with Crippen molar-refractivity contribution < 1.29 is 9.59 Å². The van der Waals surface area contributed by atoms with Crippen molar-refractivity contribution in [3.8, 4) is 0 Å². The van der Waals surface area contributed by atoms with E-state index in [1.54, 1.807) is 34.4 Å². The predicted octanol–water partition coefficient (Wildman–Crippen LogP) is 4.85. The minimum absolute atomic E-state index is 0.0236. The van der Waals surface area contributed by atoms with Crippen LogP contribution >= 0.6 is 46.2 Å². The fourth-order valence-corrected chi connectivity index (χ4v) is 6.00. The van der Waals surface area contributed by atoms with E-state index in [9.17, 15) is 9.59 Å². The number of nitrogens with zero attached hydrogens (tertiary/aromatic N) is 1. The molecule has 2 heterocycles. The van der Waals surface area contributed by atoms with Gasteiger partial charge >= 0.3 is 0 Å². The number of thiophene rings is 1. The SMILES string of the molecule is CC(=O)NCSCCC(=O)Nc1ccc2nc(SCCc3ccsc3)sc2c1. The first-order valence-electron chi connectivity index (χ1n) is 8.76. The lowest BCUT2D eigenvalue weighted by Crippen LogP contribution is -2.19. The maximum Gasteiger partial charge on any atom is 0.225 e. The Morgan fingerprint density at radius 2 is 2.11 bits per heavy atom. The van der Waals surface area contributed by atoms with E-state index < -0.39 is 0 Å². The van der Waals surface area contributed by atoms with Crippen molar-refractivity contribution in [1.82, 2.24) is 10.3 Å². The molecule has 0 aliphatic carbocycles. The number of carbonyl (C=O) groups excluding carboxylic acids is 2. The van der Waals surface area contributed by atoms with Crippen LogP contribution in [0.3, 0.4) is 0 Å². The van der Waals surface area contributed by atoms with E-state index in [1.165, 1.54) is 24.2 Å². The Morgan fingerprint density at radius 3 is 2.89 bits per heavy atom. The predicted molar refractivity (Wildman–Crippen MR) is 123 cm³/mol. The second-order valence-electron chi connectivity index (χ2n) is 5.98. The molecule has 0 saturated heterocycles. The molecule has 0 fully saturated rings. The Hall–Kier alpha value is -1.55. The third kappa shape index (κ3) is 6.80. The van der Waals surface area contributed by atoms with Gasteiger partial charge in [0, 0.05) is 30.5 Å². The van der Waals surface area contributed by atoms with Crippen molar-refractivity contribution >= 4 is 73.9 Å². The highest BCUT2D eigenvalue weighted by Gasteiger charge is 2.08. The number of thioether (sulfide) groups is 2. The van der Waals surface area contributed by atoms with Crippen molar-refractivity contribution in [2.75, 3.05) is 22.7 Å². The van der Waals surface area contributed by atoms with E-state index in [0.717, 1.165) is 32.4 Å². The van der Waals surface area contributed by atoms with Crippen LogP contribution in [0.15, 0.2) is 39.4 Å². The van der Waals surface area contributed by atoms with E-state index in [1.807, 2.05) is 18.2 Å². The van der Waals surface area contributed by atoms with E-state index >= 15 is 0 Å². The second kappa shape index (κ2) is 10.8. The third-order valence-corrected chi connectivity index (χ3v) is 7.48. The molecule has 0 spiro atoms. The number of carbonyl (C=O) groups is 2. The largest absolute Gasteiger partial charge is 0.347 e. The molecule has 3 rings (SSSR count). The van der Waals surface area contributed by atoms with Gasteiger partial charge in [-0.1, -0.05) is 11.8 Å². The molecule has 5 nitrogen and oxygen atoms in total. The highest BCUT2D eigenvalue weighted by molar-refractivity contribution is 8.01. The molecule has 2 aromatic heterocycles. The van der Waals surface area contributed by atoms with E-state index in [-0.39, 0.29) is 11.8 Å². The highest BCUT2D eigenvalue weighted by Crippen LogP contribution is 2.31. The maximum absolute atomic E-state index is 12.1. The number of nitrogens with one attached hydrogen (secondary N) is 2. The quantitative estimate of drug-likeness (QED) is 0.262. The molecule has 2 N–H and O–H groups in total. The molecular formula is C19H21N3O2S4. The number of anilines is 1. The van der Waals surface area contributed by atoms with E-state index in [0.29, 0.717) is 18.1 Å². The summed E-state index contributed by atoms with van der Waals surface area (Å²) in [5.74, 6) is 2.13. The van der Waals surface area contributed by atoms with Crippen molar-refractivity contribution in [3.05, 3.63) is 40.6 Å². The van der Waals surface area contributed by atoms with Gasteiger partial charge in [-0.3, -0.25) is 9.59 Å². The van der Waals surface area contributed by atoms with Gasteiger partial charge in [0.15, 0.2) is 4.34 Å². The summed E-state index contributed by atoms with van der Waals surface area (Å²) in [5.41, 5.74) is 3.13. The van der Waals surface area contributed by atoms with E-state index in [4.69, 9.17) is 0 Å². The molecular weight excluding hydrogens is 430 g/mol. The monoisotopic (exact) mass is 451 g/mol. The first kappa shape index (κ1) is 21.2. The third-order valence-electron chi connectivity index (χ3n) is 3.75. The minimum Gasteiger partial charge on any atom is -0.347 e. The summed E-state index contributed by atoms with van der Waals surface area (Å²) < 4.78 is 2.14. The summed E-state index contributed by atoms with van der Waals surface area (Å²) in [6.45, 7) is 1.48. The smallest absolute Gasteiger partial charge is 0.225 e. The summed E-state index contributed by atoms with van der Waals surface area (Å²) in [4.78, 5) is 27.5. The lowest BCUT2D eigenvalue weighted by Gasteiger charge is -2.05. The standard InChI is InChI=1S/C19H21N3O2S4/c1-13(23)20-12-26-8-6-18(24)21-15-2-3-16-17(10-15)28-19(22-16)27-9-5-14-4-7-25-11-14/h2-4,7,10-11H,5-6,8-9,12H2,1H3,(H,20,23)(H,21,24). The van der Waals surface area contributed by atoms with Crippen molar-refractivity contribution in [1.29, 1.82) is 0 Å². The number of fused-ring (bicyclic) bond motifs is 1. The lowest BCUT2D eigenvalue weighted by molar-refractivity contribution is -0.118. The molecule has 0 bridgehead atoms. The van der Waals surface area contributed by atoms with Gasteiger partial charge in [0.05, 0.1) is 16.1 Å². The molecule has 0 radical (unpaired) electrons. The topological polar surface area (TPSA) is 71.1 Å². The molecule has 0 saturated carbocycles. The average Bonchev–Trinajstić information content (AvgIpc) is 3.30. The van der Waals surface area contributed by atoms with Crippen LogP contribution in [-0.4, -0.2) is 34.2 Å². The molecule has 9 heteroatoms. The average molecular weight is 452 g/mol. The molecule has 3 aromatic rings. The van der Waals surface area contributed by atoms with Gasteiger partial charge in [-0.05, 0) is 47.0 Å². The molecule has 0 aliphatic heterocycles. The number of benzene rings is 1. The summed E-state index contributed by atoms with van der Waals surface area (Å²) in [7, 11) is 0. The number of aromatic nitrogens is 1. The fraction of sp³-hybridized carbons (Fsp3) is 0.316. The second-order valence-corrected chi connectivity index (χ2v) is 10.2. The molecule has 28 heavy (non-hydrogen) atoms. The first-order valence-corrected chi connectivity index (χ1v) is 12.7. The van der Waals surface area contributed by atoms with Crippen LogP contribution in [0.2, 0.25) is 0 Å². The van der Waals surface area contributed by atoms with Crippen LogP contribution in [0.4, 0.5) is 5.69 Å². The summed E-state index contributed by atoms with van der Waals surface area (Å²) in [6.07, 6.45) is 1.46. The molecule has 0 aliphatic rings. The van der Waals surface area contributed by atoms with Gasteiger partial charge < -0.3 is 10.6 Å². The normalized spacial score (nSPS) is 10.9. The minimum atomic E-state index is -0.0567. The summed E-state index contributed by atoms with van der Waals surface area (Å²) in [6, 6.07) is 8.00. The van der Waals surface area contributed by atoms with Crippen LogP contribution in [0.5, 0.6) is 0 Å². The molecule has 0 atom stereocenters. The Balaban J connectivity index is 1.46. The van der Waals surface area contributed by atoms with Crippen molar-refractivity contribution in [2.45, 2.75) is 24.1 Å². The maximum atomic E-state index is 12.1. The lowest BCUT2D eigenvalue weighted by atomic mass is 10.3. The van der Waals surface area contributed by atoms with Gasteiger partial charge in [-0.25, -0.2) is 4.98 Å². The van der Waals surface area contributed by atoms with Gasteiger partial charge in [0.25, 0.3) is 0 Å². The van der Waals surface area contributed by atoms with E-state index in [2.05, 4.69) is 32.4 Å².